The molecule has 2 N–H and O–H groups in total. The summed E-state index contributed by atoms with van der Waals surface area (Å²) < 4.78 is 36.0. The van der Waals surface area contributed by atoms with E-state index in [2.05, 4.69) is 5.32 Å². The fourth-order valence-corrected chi connectivity index (χ4v) is 2.50. The van der Waals surface area contributed by atoms with Crippen LogP contribution in [0.4, 0.5) is 13.2 Å². The minimum atomic E-state index is -4.41. The van der Waals surface area contributed by atoms with Crippen LogP contribution in [0, 0.1) is 5.92 Å². The minimum absolute atomic E-state index is 0.132. The van der Waals surface area contributed by atoms with E-state index in [9.17, 15) is 27.9 Å². The van der Waals surface area contributed by atoms with Crippen molar-refractivity contribution in [3.8, 4) is 0 Å². The fraction of sp³-hybridized carbons (Fsp3) is 0.833. The van der Waals surface area contributed by atoms with Gasteiger partial charge in [0.05, 0.1) is 6.42 Å². The van der Waals surface area contributed by atoms with Gasteiger partial charge >= 0.3 is 12.1 Å². The van der Waals surface area contributed by atoms with E-state index < -0.39 is 36.4 Å². The van der Waals surface area contributed by atoms with Crippen LogP contribution in [-0.4, -0.2) is 28.7 Å². The number of halogens is 3. The lowest BCUT2D eigenvalue weighted by Gasteiger charge is -2.37. The van der Waals surface area contributed by atoms with Crippen LogP contribution in [0.2, 0.25) is 0 Å². The predicted molar refractivity (Wildman–Crippen MR) is 61.4 cm³/mol. The first kappa shape index (κ1) is 15.8. The summed E-state index contributed by atoms with van der Waals surface area (Å²) in [5.74, 6) is -1.89. The van der Waals surface area contributed by atoms with Crippen molar-refractivity contribution >= 4 is 11.9 Å². The Labute approximate surface area is 109 Å². The standard InChI is InChI=1S/C12H18F3NO3/c1-8-3-2-5-11(7-8,10(18)19)16-9(17)4-6-12(13,14)15/h8H,2-7H2,1H3,(H,16,17)(H,18,19). The van der Waals surface area contributed by atoms with Crippen LogP contribution in [0.5, 0.6) is 0 Å². The van der Waals surface area contributed by atoms with Crippen molar-refractivity contribution in [3.05, 3.63) is 0 Å². The van der Waals surface area contributed by atoms with Gasteiger partial charge in [0.1, 0.15) is 5.54 Å². The van der Waals surface area contributed by atoms with Gasteiger partial charge in [-0.25, -0.2) is 4.79 Å². The summed E-state index contributed by atoms with van der Waals surface area (Å²) in [7, 11) is 0. The zero-order valence-corrected chi connectivity index (χ0v) is 10.7. The molecule has 0 saturated heterocycles. The van der Waals surface area contributed by atoms with E-state index in [0.717, 1.165) is 6.42 Å². The molecule has 0 aliphatic heterocycles. The molecule has 1 aliphatic carbocycles. The Balaban J connectivity index is 2.64. The van der Waals surface area contributed by atoms with Gasteiger partial charge in [-0.2, -0.15) is 13.2 Å². The number of amides is 1. The summed E-state index contributed by atoms with van der Waals surface area (Å²) in [5.41, 5.74) is -1.40. The topological polar surface area (TPSA) is 66.4 Å². The summed E-state index contributed by atoms with van der Waals surface area (Å²) in [6, 6.07) is 0. The van der Waals surface area contributed by atoms with Gasteiger partial charge < -0.3 is 10.4 Å². The summed E-state index contributed by atoms with van der Waals surface area (Å²) in [6.07, 6.45) is -4.32. The van der Waals surface area contributed by atoms with Gasteiger partial charge in [-0.15, -0.1) is 0 Å². The molecule has 0 spiro atoms. The third-order valence-electron chi connectivity index (χ3n) is 3.42. The van der Waals surface area contributed by atoms with E-state index in [1.807, 2.05) is 6.92 Å². The van der Waals surface area contributed by atoms with Crippen LogP contribution in [0.1, 0.15) is 45.4 Å². The third kappa shape index (κ3) is 4.72. The maximum atomic E-state index is 12.0. The number of carboxylic acids is 1. The first-order valence-corrected chi connectivity index (χ1v) is 6.26. The first-order valence-electron chi connectivity index (χ1n) is 6.26. The van der Waals surface area contributed by atoms with E-state index in [0.29, 0.717) is 6.42 Å². The van der Waals surface area contributed by atoms with Gasteiger partial charge in [-0.1, -0.05) is 19.8 Å². The molecule has 110 valence electrons. The predicted octanol–water partition coefficient (Wildman–Crippen LogP) is 2.48. The second kappa shape index (κ2) is 5.79. The number of carbonyl (C=O) groups excluding carboxylic acids is 1. The Hall–Kier alpha value is -1.27. The molecular weight excluding hydrogens is 263 g/mol. The smallest absolute Gasteiger partial charge is 0.389 e. The Bertz CT molecular complexity index is 357. The average molecular weight is 281 g/mol. The third-order valence-corrected chi connectivity index (χ3v) is 3.42. The van der Waals surface area contributed by atoms with E-state index in [4.69, 9.17) is 0 Å². The SMILES string of the molecule is CC1CCCC(NC(=O)CCC(F)(F)F)(C(=O)O)C1. The monoisotopic (exact) mass is 281 g/mol. The molecule has 0 aromatic rings. The van der Waals surface area contributed by atoms with Crippen LogP contribution in [0.25, 0.3) is 0 Å². The molecule has 7 heteroatoms. The number of carbonyl (C=O) groups is 2. The average Bonchev–Trinajstić information content (AvgIpc) is 2.25. The molecule has 1 amide bonds. The molecule has 0 bridgehead atoms. The van der Waals surface area contributed by atoms with E-state index in [1.54, 1.807) is 0 Å². The van der Waals surface area contributed by atoms with Crippen LogP contribution in [-0.2, 0) is 9.59 Å². The zero-order chi connectivity index (χ0) is 14.7. The molecule has 0 aromatic heterocycles. The molecule has 1 aliphatic rings. The van der Waals surface area contributed by atoms with E-state index in [-0.39, 0.29) is 18.8 Å². The molecule has 1 fully saturated rings. The van der Waals surface area contributed by atoms with Crippen LogP contribution in [0.3, 0.4) is 0 Å². The molecule has 0 radical (unpaired) electrons. The lowest BCUT2D eigenvalue weighted by Crippen LogP contribution is -2.56. The maximum Gasteiger partial charge on any atom is 0.389 e. The molecule has 19 heavy (non-hydrogen) atoms. The lowest BCUT2D eigenvalue weighted by atomic mass is 9.76. The molecule has 1 rings (SSSR count). The van der Waals surface area contributed by atoms with E-state index >= 15 is 0 Å². The summed E-state index contributed by atoms with van der Waals surface area (Å²) in [4.78, 5) is 22.8. The molecule has 2 unspecified atom stereocenters. The van der Waals surface area contributed by atoms with Crippen molar-refractivity contribution in [2.24, 2.45) is 5.92 Å². The number of nitrogens with one attached hydrogen (secondary N) is 1. The second-order valence-electron chi connectivity index (χ2n) is 5.25. The molecule has 4 nitrogen and oxygen atoms in total. The van der Waals surface area contributed by atoms with Gasteiger partial charge in [0.2, 0.25) is 5.91 Å². The highest BCUT2D eigenvalue weighted by Crippen LogP contribution is 2.33. The molecule has 0 heterocycles. The Kier molecular flexibility index (Phi) is 4.81. The Morgan fingerprint density at radius 2 is 2.05 bits per heavy atom. The first-order chi connectivity index (χ1) is 8.65. The Morgan fingerprint density at radius 3 is 2.53 bits per heavy atom. The highest BCUT2D eigenvalue weighted by Gasteiger charge is 2.43. The fourth-order valence-electron chi connectivity index (χ4n) is 2.50. The molecule has 1 saturated carbocycles. The summed E-state index contributed by atoms with van der Waals surface area (Å²) >= 11 is 0. The Morgan fingerprint density at radius 1 is 1.42 bits per heavy atom. The lowest BCUT2D eigenvalue weighted by molar-refractivity contribution is -0.152. The van der Waals surface area contributed by atoms with Gasteiger partial charge in [-0.05, 0) is 18.8 Å². The summed E-state index contributed by atoms with van der Waals surface area (Å²) in [6.45, 7) is 1.87. The van der Waals surface area contributed by atoms with Gasteiger partial charge in [-0.3, -0.25) is 4.79 Å². The van der Waals surface area contributed by atoms with Crippen molar-refractivity contribution < 1.29 is 27.9 Å². The van der Waals surface area contributed by atoms with Crippen molar-refractivity contribution in [3.63, 3.8) is 0 Å². The molecule has 0 aromatic carbocycles. The second-order valence-corrected chi connectivity index (χ2v) is 5.25. The van der Waals surface area contributed by atoms with Crippen LogP contribution in [0.15, 0.2) is 0 Å². The number of aliphatic carboxylic acids is 1. The number of alkyl halides is 3. The highest BCUT2D eigenvalue weighted by atomic mass is 19.4. The number of hydrogen-bond donors (Lipinski definition) is 2. The number of carboxylic acid groups (broad SMARTS) is 1. The van der Waals surface area contributed by atoms with Gasteiger partial charge in [0.15, 0.2) is 0 Å². The van der Waals surface area contributed by atoms with Crippen molar-refractivity contribution in [1.29, 1.82) is 0 Å². The molecule has 2 atom stereocenters. The number of hydrogen-bond acceptors (Lipinski definition) is 2. The molecular formula is C12H18F3NO3. The van der Waals surface area contributed by atoms with Crippen molar-refractivity contribution in [2.75, 3.05) is 0 Å². The quantitative estimate of drug-likeness (QED) is 0.832. The van der Waals surface area contributed by atoms with Crippen LogP contribution < -0.4 is 5.32 Å². The van der Waals surface area contributed by atoms with Crippen molar-refractivity contribution in [2.45, 2.75) is 57.2 Å². The normalized spacial score (nSPS) is 27.9. The van der Waals surface area contributed by atoms with Crippen LogP contribution >= 0.6 is 0 Å². The zero-order valence-electron chi connectivity index (χ0n) is 10.7. The largest absolute Gasteiger partial charge is 0.480 e. The maximum absolute atomic E-state index is 12.0. The van der Waals surface area contributed by atoms with Crippen molar-refractivity contribution in [1.82, 2.24) is 5.32 Å². The van der Waals surface area contributed by atoms with Gasteiger partial charge in [0, 0.05) is 6.42 Å². The summed E-state index contributed by atoms with van der Waals surface area (Å²) in [5, 5.41) is 11.5. The van der Waals surface area contributed by atoms with E-state index in [1.165, 1.54) is 0 Å². The van der Waals surface area contributed by atoms with Gasteiger partial charge in [0.25, 0.3) is 0 Å². The highest BCUT2D eigenvalue weighted by molar-refractivity contribution is 5.87. The minimum Gasteiger partial charge on any atom is -0.480 e. The number of rotatable bonds is 4.